The Balaban J connectivity index is 1.57. The van der Waals surface area contributed by atoms with Gasteiger partial charge in [0, 0.05) is 30.4 Å². The third kappa shape index (κ3) is 6.33. The Morgan fingerprint density at radius 2 is 1.58 bits per heavy atom. The topological polar surface area (TPSA) is 113 Å². The smallest absolute Gasteiger partial charge is 0.243 e. The number of nitrogens with zero attached hydrogens (tertiary/aromatic N) is 1. The number of piperidine rings is 1. The number of aryl methyl sites for hydroxylation is 2. The van der Waals surface area contributed by atoms with Crippen molar-refractivity contribution in [2.75, 3.05) is 28.9 Å². The van der Waals surface area contributed by atoms with Gasteiger partial charge in [0.2, 0.25) is 26.0 Å². The lowest BCUT2D eigenvalue weighted by molar-refractivity contribution is -0.120. The lowest BCUT2D eigenvalue weighted by Gasteiger charge is -2.31. The van der Waals surface area contributed by atoms with Crippen molar-refractivity contribution in [1.82, 2.24) is 4.31 Å². The Labute approximate surface area is 196 Å². The second-order valence-electron chi connectivity index (χ2n) is 8.43. The summed E-state index contributed by atoms with van der Waals surface area (Å²) in [6, 6.07) is 11.8. The molecule has 1 aliphatic heterocycles. The van der Waals surface area contributed by atoms with E-state index in [1.165, 1.54) is 4.31 Å². The summed E-state index contributed by atoms with van der Waals surface area (Å²) in [5, 5.41) is 2.84. The Morgan fingerprint density at radius 3 is 2.15 bits per heavy atom. The molecule has 1 heterocycles. The second kappa shape index (κ2) is 10.2. The largest absolute Gasteiger partial charge is 0.326 e. The average molecular weight is 494 g/mol. The molecule has 0 spiro atoms. The fourth-order valence-corrected chi connectivity index (χ4v) is 6.76. The zero-order chi connectivity index (χ0) is 24.2. The monoisotopic (exact) mass is 493 g/mol. The molecule has 10 heteroatoms. The van der Waals surface area contributed by atoms with Gasteiger partial charge < -0.3 is 5.32 Å². The summed E-state index contributed by atoms with van der Waals surface area (Å²) in [7, 11) is -6.97. The predicted octanol–water partition coefficient (Wildman–Crippen LogP) is 3.49. The van der Waals surface area contributed by atoms with Crippen molar-refractivity contribution in [3.8, 4) is 0 Å². The molecule has 1 saturated heterocycles. The highest BCUT2D eigenvalue weighted by molar-refractivity contribution is 7.92. The van der Waals surface area contributed by atoms with Crippen LogP contribution in [0.2, 0.25) is 0 Å². The molecule has 0 saturated carbocycles. The SMILES string of the molecule is CCCS(=O)(=O)Nc1ccc(NC(=O)C2CCN(S(=O)(=O)c3ccc(C)cc3C)CC2)cc1. The molecule has 2 aromatic rings. The van der Waals surface area contributed by atoms with E-state index in [2.05, 4.69) is 10.0 Å². The predicted molar refractivity (Wildman–Crippen MR) is 130 cm³/mol. The van der Waals surface area contributed by atoms with Gasteiger partial charge in [0.1, 0.15) is 0 Å². The molecule has 33 heavy (non-hydrogen) atoms. The molecule has 0 radical (unpaired) electrons. The quantitative estimate of drug-likeness (QED) is 0.584. The molecular formula is C23H31N3O5S2. The van der Waals surface area contributed by atoms with E-state index >= 15 is 0 Å². The first-order valence-corrected chi connectivity index (χ1v) is 14.1. The maximum Gasteiger partial charge on any atom is 0.243 e. The summed E-state index contributed by atoms with van der Waals surface area (Å²) in [6.07, 6.45) is 1.39. The molecule has 1 aliphatic rings. The third-order valence-corrected chi connectivity index (χ3v) is 9.22. The minimum absolute atomic E-state index is 0.0450. The van der Waals surface area contributed by atoms with Gasteiger partial charge in [0.15, 0.2) is 0 Å². The van der Waals surface area contributed by atoms with Crippen LogP contribution >= 0.6 is 0 Å². The van der Waals surface area contributed by atoms with Crippen LogP contribution in [0.1, 0.15) is 37.3 Å². The third-order valence-electron chi connectivity index (χ3n) is 5.67. The molecule has 8 nitrogen and oxygen atoms in total. The van der Waals surface area contributed by atoms with Gasteiger partial charge in [0.25, 0.3) is 0 Å². The van der Waals surface area contributed by atoms with Crippen molar-refractivity contribution in [3.63, 3.8) is 0 Å². The van der Waals surface area contributed by atoms with Gasteiger partial charge in [-0.25, -0.2) is 16.8 Å². The molecule has 2 aromatic carbocycles. The van der Waals surface area contributed by atoms with Crippen molar-refractivity contribution in [1.29, 1.82) is 0 Å². The molecule has 0 bridgehead atoms. The molecule has 0 atom stereocenters. The summed E-state index contributed by atoms with van der Waals surface area (Å²) < 4.78 is 53.7. The number of anilines is 2. The van der Waals surface area contributed by atoms with Gasteiger partial charge in [-0.15, -0.1) is 0 Å². The number of benzene rings is 2. The van der Waals surface area contributed by atoms with E-state index in [1.54, 1.807) is 50.2 Å². The van der Waals surface area contributed by atoms with Crippen LogP contribution in [0.15, 0.2) is 47.4 Å². The van der Waals surface area contributed by atoms with E-state index in [0.717, 1.165) is 11.1 Å². The van der Waals surface area contributed by atoms with Crippen LogP contribution in [-0.4, -0.2) is 45.9 Å². The summed E-state index contributed by atoms with van der Waals surface area (Å²) >= 11 is 0. The lowest BCUT2D eigenvalue weighted by atomic mass is 9.97. The molecule has 3 rings (SSSR count). The second-order valence-corrected chi connectivity index (χ2v) is 12.2. The number of sulfonamides is 2. The Hall–Kier alpha value is -2.43. The van der Waals surface area contributed by atoms with E-state index in [-0.39, 0.29) is 30.7 Å². The normalized spacial score (nSPS) is 15.8. The van der Waals surface area contributed by atoms with Gasteiger partial charge in [0.05, 0.1) is 10.6 Å². The van der Waals surface area contributed by atoms with E-state index < -0.39 is 20.0 Å². The first kappa shape index (κ1) is 25.2. The molecule has 2 N–H and O–H groups in total. The average Bonchev–Trinajstić information content (AvgIpc) is 2.74. The highest BCUT2D eigenvalue weighted by Crippen LogP contribution is 2.27. The van der Waals surface area contributed by atoms with Gasteiger partial charge in [-0.05, 0) is 69.0 Å². The van der Waals surface area contributed by atoms with Gasteiger partial charge in [-0.2, -0.15) is 4.31 Å². The van der Waals surface area contributed by atoms with Crippen molar-refractivity contribution >= 4 is 37.3 Å². The number of carbonyl (C=O) groups excluding carboxylic acids is 1. The van der Waals surface area contributed by atoms with Crippen LogP contribution in [-0.2, 0) is 24.8 Å². The lowest BCUT2D eigenvalue weighted by Crippen LogP contribution is -2.41. The van der Waals surface area contributed by atoms with E-state index in [9.17, 15) is 21.6 Å². The molecule has 180 valence electrons. The minimum atomic E-state index is -3.60. The van der Waals surface area contributed by atoms with Crippen LogP contribution in [0, 0.1) is 19.8 Å². The van der Waals surface area contributed by atoms with E-state index in [4.69, 9.17) is 0 Å². The highest BCUT2D eigenvalue weighted by Gasteiger charge is 2.32. The molecule has 1 fully saturated rings. The number of hydrogen-bond acceptors (Lipinski definition) is 5. The number of carbonyl (C=O) groups is 1. The molecule has 0 aromatic heterocycles. The number of hydrogen-bond donors (Lipinski definition) is 2. The first-order chi connectivity index (χ1) is 15.5. The fraction of sp³-hybridized carbons (Fsp3) is 0.435. The van der Waals surface area contributed by atoms with Crippen molar-refractivity contribution in [3.05, 3.63) is 53.6 Å². The summed E-state index contributed by atoms with van der Waals surface area (Å²) in [4.78, 5) is 13.0. The first-order valence-electron chi connectivity index (χ1n) is 11.0. The molecule has 1 amide bonds. The van der Waals surface area contributed by atoms with Gasteiger partial charge in [-0.1, -0.05) is 24.6 Å². The highest BCUT2D eigenvalue weighted by atomic mass is 32.2. The zero-order valence-corrected chi connectivity index (χ0v) is 20.8. The number of amides is 1. The number of rotatable bonds is 8. The zero-order valence-electron chi connectivity index (χ0n) is 19.2. The Kier molecular flexibility index (Phi) is 7.81. The minimum Gasteiger partial charge on any atom is -0.326 e. The van der Waals surface area contributed by atoms with Crippen LogP contribution in [0.25, 0.3) is 0 Å². The summed E-state index contributed by atoms with van der Waals surface area (Å²) in [6.45, 7) is 6.07. The molecule has 0 aliphatic carbocycles. The van der Waals surface area contributed by atoms with Gasteiger partial charge in [-0.3, -0.25) is 9.52 Å². The maximum absolute atomic E-state index is 13.0. The van der Waals surface area contributed by atoms with E-state index in [1.807, 2.05) is 13.0 Å². The van der Waals surface area contributed by atoms with Crippen molar-refractivity contribution in [2.24, 2.45) is 5.92 Å². The Bertz CT molecular complexity index is 1200. The number of nitrogens with one attached hydrogen (secondary N) is 2. The standard InChI is InChI=1S/C23H31N3O5S2/c1-4-15-32(28,29)25-21-8-6-20(7-9-21)24-23(27)19-11-13-26(14-12-19)33(30,31)22-10-5-17(2)16-18(22)3/h5-10,16,19,25H,4,11-15H2,1-3H3,(H,24,27). The van der Waals surface area contributed by atoms with Crippen LogP contribution < -0.4 is 10.0 Å². The maximum atomic E-state index is 13.0. The summed E-state index contributed by atoms with van der Waals surface area (Å²) in [5.41, 5.74) is 2.72. The van der Waals surface area contributed by atoms with Crippen LogP contribution in [0.4, 0.5) is 11.4 Å². The van der Waals surface area contributed by atoms with Crippen molar-refractivity contribution in [2.45, 2.75) is 44.9 Å². The van der Waals surface area contributed by atoms with E-state index in [0.29, 0.717) is 35.5 Å². The molecule has 0 unspecified atom stereocenters. The Morgan fingerprint density at radius 1 is 0.970 bits per heavy atom. The van der Waals surface area contributed by atoms with Crippen LogP contribution in [0.3, 0.4) is 0 Å². The van der Waals surface area contributed by atoms with Crippen LogP contribution in [0.5, 0.6) is 0 Å². The van der Waals surface area contributed by atoms with Crippen molar-refractivity contribution < 1.29 is 21.6 Å². The fourth-order valence-electron chi connectivity index (χ4n) is 3.95. The molecular weight excluding hydrogens is 462 g/mol. The summed E-state index contributed by atoms with van der Waals surface area (Å²) in [5.74, 6) is -0.417. The van der Waals surface area contributed by atoms with Gasteiger partial charge >= 0.3 is 0 Å².